The molecule has 0 radical (unpaired) electrons. The second-order valence-corrected chi connectivity index (χ2v) is 2.59. The van der Waals surface area contributed by atoms with Crippen molar-refractivity contribution in [1.29, 1.82) is 0 Å². The molecule has 0 aliphatic rings. The Hall–Kier alpha value is -1.97. The third-order valence-corrected chi connectivity index (χ3v) is 1.74. The number of aromatic nitrogens is 2. The molecule has 4 nitrogen and oxygen atoms in total. The normalized spacial score (nSPS) is 11.1. The van der Waals surface area contributed by atoms with Crippen LogP contribution in [0.15, 0.2) is 35.9 Å². The lowest BCUT2D eigenvalue weighted by atomic mass is 10.2. The van der Waals surface area contributed by atoms with Gasteiger partial charge in [-0.05, 0) is 17.7 Å². The third-order valence-electron chi connectivity index (χ3n) is 1.74. The average Bonchev–Trinajstić information content (AvgIpc) is 2.18. The molecule has 2 aromatic rings. The first-order valence-electron chi connectivity index (χ1n) is 3.77. The Kier molecular flexibility index (Phi) is 1.88. The summed E-state index contributed by atoms with van der Waals surface area (Å²) in [6, 6.07) is 5.54. The quantitative estimate of drug-likeness (QED) is 0.403. The van der Waals surface area contributed by atoms with Gasteiger partial charge in [-0.2, -0.15) is 0 Å². The van der Waals surface area contributed by atoms with Crippen molar-refractivity contribution in [2.24, 2.45) is 5.16 Å². The zero-order valence-electron chi connectivity index (χ0n) is 6.75. The Bertz CT molecular complexity index is 453. The zero-order valence-corrected chi connectivity index (χ0v) is 6.75. The van der Waals surface area contributed by atoms with Crippen molar-refractivity contribution in [2.75, 3.05) is 0 Å². The Morgan fingerprint density at radius 2 is 2.31 bits per heavy atom. The van der Waals surface area contributed by atoms with E-state index in [1.165, 1.54) is 12.5 Å². The third kappa shape index (κ3) is 1.46. The standard InChI is InChI=1S/C9H7N3O/c13-12-4-7-1-2-9-8(3-7)5-10-6-11-9/h1-6,13H. The molecule has 0 fully saturated rings. The Morgan fingerprint density at radius 1 is 1.38 bits per heavy atom. The molecule has 0 bridgehead atoms. The summed E-state index contributed by atoms with van der Waals surface area (Å²) in [7, 11) is 0. The van der Waals surface area contributed by atoms with E-state index in [0.29, 0.717) is 0 Å². The molecule has 1 aromatic carbocycles. The van der Waals surface area contributed by atoms with E-state index in [1.54, 1.807) is 6.20 Å². The fourth-order valence-electron chi connectivity index (χ4n) is 1.15. The molecular weight excluding hydrogens is 166 g/mol. The van der Waals surface area contributed by atoms with Gasteiger partial charge in [-0.25, -0.2) is 9.97 Å². The summed E-state index contributed by atoms with van der Waals surface area (Å²) in [4.78, 5) is 7.96. The van der Waals surface area contributed by atoms with Crippen molar-refractivity contribution < 1.29 is 5.21 Å². The Balaban J connectivity index is 2.62. The molecule has 0 amide bonds. The summed E-state index contributed by atoms with van der Waals surface area (Å²) in [6.45, 7) is 0. The SMILES string of the molecule is ON=Cc1ccc2ncncc2c1. The van der Waals surface area contributed by atoms with Crippen LogP contribution < -0.4 is 0 Å². The van der Waals surface area contributed by atoms with Gasteiger partial charge in [-0.3, -0.25) is 0 Å². The predicted octanol–water partition coefficient (Wildman–Crippen LogP) is 1.44. The summed E-state index contributed by atoms with van der Waals surface area (Å²) in [5.74, 6) is 0. The van der Waals surface area contributed by atoms with Crippen LogP contribution in [0.5, 0.6) is 0 Å². The van der Waals surface area contributed by atoms with Crippen LogP contribution >= 0.6 is 0 Å². The van der Waals surface area contributed by atoms with Crippen molar-refractivity contribution in [3.05, 3.63) is 36.3 Å². The number of hydrogen-bond acceptors (Lipinski definition) is 4. The van der Waals surface area contributed by atoms with E-state index in [9.17, 15) is 0 Å². The van der Waals surface area contributed by atoms with E-state index < -0.39 is 0 Å². The molecule has 0 saturated carbocycles. The number of benzene rings is 1. The highest BCUT2D eigenvalue weighted by Crippen LogP contribution is 2.10. The first-order chi connectivity index (χ1) is 6.40. The maximum absolute atomic E-state index is 8.33. The van der Waals surface area contributed by atoms with Gasteiger partial charge in [0.15, 0.2) is 0 Å². The lowest BCUT2D eigenvalue weighted by Crippen LogP contribution is -1.84. The van der Waals surface area contributed by atoms with Gasteiger partial charge >= 0.3 is 0 Å². The molecule has 1 heterocycles. The van der Waals surface area contributed by atoms with Gasteiger partial charge in [0.25, 0.3) is 0 Å². The van der Waals surface area contributed by atoms with Crippen molar-refractivity contribution >= 4 is 17.1 Å². The lowest BCUT2D eigenvalue weighted by Gasteiger charge is -1.95. The number of oxime groups is 1. The molecule has 1 aromatic heterocycles. The molecule has 0 aliphatic carbocycles. The highest BCUT2D eigenvalue weighted by Gasteiger charge is 1.94. The van der Waals surface area contributed by atoms with Crippen LogP contribution in [0.4, 0.5) is 0 Å². The van der Waals surface area contributed by atoms with E-state index in [-0.39, 0.29) is 0 Å². The lowest BCUT2D eigenvalue weighted by molar-refractivity contribution is 0.322. The number of rotatable bonds is 1. The second-order valence-electron chi connectivity index (χ2n) is 2.59. The molecule has 0 unspecified atom stereocenters. The first kappa shape index (κ1) is 7.67. The second kappa shape index (κ2) is 3.18. The molecule has 2 rings (SSSR count). The topological polar surface area (TPSA) is 58.4 Å². The maximum Gasteiger partial charge on any atom is 0.116 e. The fraction of sp³-hybridized carbons (Fsp3) is 0. The van der Waals surface area contributed by atoms with Gasteiger partial charge in [0.05, 0.1) is 11.7 Å². The van der Waals surface area contributed by atoms with Gasteiger partial charge in [0.2, 0.25) is 0 Å². The van der Waals surface area contributed by atoms with Gasteiger partial charge in [0, 0.05) is 11.6 Å². The number of hydrogen-bond donors (Lipinski definition) is 1. The first-order valence-corrected chi connectivity index (χ1v) is 3.77. The van der Waals surface area contributed by atoms with E-state index in [1.807, 2.05) is 18.2 Å². The van der Waals surface area contributed by atoms with Gasteiger partial charge in [-0.1, -0.05) is 11.2 Å². The van der Waals surface area contributed by atoms with Crippen LogP contribution in [0.1, 0.15) is 5.56 Å². The average molecular weight is 173 g/mol. The molecule has 13 heavy (non-hydrogen) atoms. The van der Waals surface area contributed by atoms with Crippen molar-refractivity contribution in [1.82, 2.24) is 9.97 Å². The van der Waals surface area contributed by atoms with Crippen molar-refractivity contribution in [3.8, 4) is 0 Å². The summed E-state index contributed by atoms with van der Waals surface area (Å²) in [5.41, 5.74) is 1.70. The fourth-order valence-corrected chi connectivity index (χ4v) is 1.15. The van der Waals surface area contributed by atoms with Crippen LogP contribution in [0.3, 0.4) is 0 Å². The maximum atomic E-state index is 8.33. The highest BCUT2D eigenvalue weighted by molar-refractivity contribution is 5.87. The molecular formula is C9H7N3O. The van der Waals surface area contributed by atoms with Gasteiger partial charge < -0.3 is 5.21 Å². The van der Waals surface area contributed by atoms with Crippen LogP contribution in [0.25, 0.3) is 10.9 Å². The minimum atomic E-state index is 0.824. The molecule has 4 heteroatoms. The molecule has 0 atom stereocenters. The zero-order chi connectivity index (χ0) is 9.10. The van der Waals surface area contributed by atoms with Crippen LogP contribution in [-0.2, 0) is 0 Å². The summed E-state index contributed by atoms with van der Waals surface area (Å²) in [6.07, 6.45) is 4.59. The minimum absolute atomic E-state index is 0.824. The van der Waals surface area contributed by atoms with Crippen LogP contribution in [-0.4, -0.2) is 21.4 Å². The molecule has 64 valence electrons. The van der Waals surface area contributed by atoms with Crippen molar-refractivity contribution in [3.63, 3.8) is 0 Å². The summed E-state index contributed by atoms with van der Waals surface area (Å²) < 4.78 is 0. The molecule has 1 N–H and O–H groups in total. The van der Waals surface area contributed by atoms with Crippen LogP contribution in [0, 0.1) is 0 Å². The van der Waals surface area contributed by atoms with E-state index in [2.05, 4.69) is 15.1 Å². The number of nitrogens with zero attached hydrogens (tertiary/aromatic N) is 3. The van der Waals surface area contributed by atoms with Crippen LogP contribution in [0.2, 0.25) is 0 Å². The van der Waals surface area contributed by atoms with E-state index in [4.69, 9.17) is 5.21 Å². The largest absolute Gasteiger partial charge is 0.411 e. The van der Waals surface area contributed by atoms with E-state index in [0.717, 1.165) is 16.5 Å². The Labute approximate surface area is 74.6 Å². The van der Waals surface area contributed by atoms with Gasteiger partial charge in [0.1, 0.15) is 6.33 Å². The van der Waals surface area contributed by atoms with Crippen molar-refractivity contribution in [2.45, 2.75) is 0 Å². The highest BCUT2D eigenvalue weighted by atomic mass is 16.4. The Morgan fingerprint density at radius 3 is 3.15 bits per heavy atom. The van der Waals surface area contributed by atoms with Gasteiger partial charge in [-0.15, -0.1) is 0 Å². The minimum Gasteiger partial charge on any atom is -0.411 e. The number of fused-ring (bicyclic) bond motifs is 1. The molecule has 0 spiro atoms. The molecule has 0 aliphatic heterocycles. The summed E-state index contributed by atoms with van der Waals surface area (Å²) in [5, 5.41) is 12.2. The monoisotopic (exact) mass is 173 g/mol. The summed E-state index contributed by atoms with van der Waals surface area (Å²) >= 11 is 0. The molecule has 0 saturated heterocycles. The van der Waals surface area contributed by atoms with E-state index >= 15 is 0 Å². The smallest absolute Gasteiger partial charge is 0.116 e. The predicted molar refractivity (Wildman–Crippen MR) is 48.9 cm³/mol.